The summed E-state index contributed by atoms with van der Waals surface area (Å²) in [7, 11) is 0. The summed E-state index contributed by atoms with van der Waals surface area (Å²) < 4.78 is 0. The van der Waals surface area contributed by atoms with Crippen molar-refractivity contribution in [2.45, 2.75) is 76.9 Å². The monoisotopic (exact) mass is 274 g/mol. The minimum Gasteiger partial charge on any atom is -0.337 e. The smallest absolute Gasteiger partial charge is 0.223 e. The molecule has 0 bridgehead atoms. The highest BCUT2D eigenvalue weighted by Gasteiger charge is 2.32. The van der Waals surface area contributed by atoms with Crippen molar-refractivity contribution in [3.63, 3.8) is 0 Å². The summed E-state index contributed by atoms with van der Waals surface area (Å²) in [6, 6.07) is 1.56. The van der Waals surface area contributed by atoms with E-state index < -0.39 is 0 Å². The fraction of sp³-hybridized carbons (Fsp3) is 0.929. The summed E-state index contributed by atoms with van der Waals surface area (Å²) in [5, 5.41) is 3.47. The molecule has 2 aliphatic rings. The Balaban J connectivity index is 0.00000162. The fourth-order valence-electron chi connectivity index (χ4n) is 3.35. The maximum atomic E-state index is 12.3. The highest BCUT2D eigenvalue weighted by Crippen LogP contribution is 2.27. The first-order valence-corrected chi connectivity index (χ1v) is 7.27. The summed E-state index contributed by atoms with van der Waals surface area (Å²) in [6.45, 7) is 5.53. The summed E-state index contributed by atoms with van der Waals surface area (Å²) >= 11 is 0. The second-order valence-corrected chi connectivity index (χ2v) is 5.62. The van der Waals surface area contributed by atoms with E-state index in [9.17, 15) is 4.79 Å². The average Bonchev–Trinajstić information content (AvgIpc) is 2.94. The van der Waals surface area contributed by atoms with Gasteiger partial charge in [0.15, 0.2) is 0 Å². The molecule has 2 fully saturated rings. The maximum Gasteiger partial charge on any atom is 0.223 e. The summed E-state index contributed by atoms with van der Waals surface area (Å²) in [6.07, 6.45) is 7.78. The van der Waals surface area contributed by atoms with Gasteiger partial charge in [0, 0.05) is 24.5 Å². The van der Waals surface area contributed by atoms with E-state index in [2.05, 4.69) is 24.1 Å². The Hall–Kier alpha value is -0.280. The summed E-state index contributed by atoms with van der Waals surface area (Å²) in [5.41, 5.74) is 0. The van der Waals surface area contributed by atoms with Crippen molar-refractivity contribution in [1.29, 1.82) is 0 Å². The van der Waals surface area contributed by atoms with Gasteiger partial charge in [-0.3, -0.25) is 4.79 Å². The molecule has 1 amide bonds. The second kappa shape index (κ2) is 7.34. The Bertz CT molecular complexity index is 267. The van der Waals surface area contributed by atoms with Gasteiger partial charge in [0.05, 0.1) is 0 Å². The van der Waals surface area contributed by atoms with Gasteiger partial charge in [0.2, 0.25) is 5.91 Å². The van der Waals surface area contributed by atoms with Crippen LogP contribution in [0.2, 0.25) is 0 Å². The summed E-state index contributed by atoms with van der Waals surface area (Å²) in [5.74, 6) is 0.385. The van der Waals surface area contributed by atoms with Gasteiger partial charge in [-0.25, -0.2) is 0 Å². The van der Waals surface area contributed by atoms with E-state index in [4.69, 9.17) is 0 Å². The predicted octanol–water partition coefficient (Wildman–Crippen LogP) is 2.73. The van der Waals surface area contributed by atoms with Crippen molar-refractivity contribution in [3.8, 4) is 0 Å². The van der Waals surface area contributed by atoms with E-state index in [0.717, 1.165) is 25.8 Å². The first-order valence-electron chi connectivity index (χ1n) is 7.27. The van der Waals surface area contributed by atoms with Crippen LogP contribution in [0.15, 0.2) is 0 Å². The normalized spacial score (nSPS) is 31.4. The Morgan fingerprint density at radius 3 is 2.72 bits per heavy atom. The van der Waals surface area contributed by atoms with Crippen molar-refractivity contribution >= 4 is 18.3 Å². The van der Waals surface area contributed by atoms with E-state index in [-0.39, 0.29) is 12.4 Å². The molecule has 3 atom stereocenters. The first kappa shape index (κ1) is 15.8. The number of nitrogens with one attached hydrogen (secondary N) is 1. The zero-order valence-electron chi connectivity index (χ0n) is 11.7. The van der Waals surface area contributed by atoms with Crippen LogP contribution in [-0.2, 0) is 4.79 Å². The first-order chi connectivity index (χ1) is 8.22. The minimum absolute atomic E-state index is 0. The molecule has 2 saturated heterocycles. The Morgan fingerprint density at radius 1 is 1.33 bits per heavy atom. The van der Waals surface area contributed by atoms with Gasteiger partial charge in [-0.05, 0) is 52.0 Å². The number of carbonyl (C=O) groups excluding carboxylic acids is 1. The van der Waals surface area contributed by atoms with Gasteiger partial charge in [0.25, 0.3) is 0 Å². The molecule has 2 rings (SSSR count). The van der Waals surface area contributed by atoms with Crippen molar-refractivity contribution < 1.29 is 4.79 Å². The molecule has 1 N–H and O–H groups in total. The van der Waals surface area contributed by atoms with Crippen LogP contribution in [0.4, 0.5) is 0 Å². The molecule has 3 unspecified atom stereocenters. The Labute approximate surface area is 117 Å². The molecule has 0 spiro atoms. The van der Waals surface area contributed by atoms with Crippen LogP contribution in [0, 0.1) is 0 Å². The van der Waals surface area contributed by atoms with Crippen molar-refractivity contribution in [2.75, 3.05) is 6.54 Å². The van der Waals surface area contributed by atoms with E-state index in [1.165, 1.54) is 25.7 Å². The van der Waals surface area contributed by atoms with Gasteiger partial charge < -0.3 is 10.2 Å². The van der Waals surface area contributed by atoms with Gasteiger partial charge in [-0.15, -0.1) is 12.4 Å². The molecule has 0 aliphatic carbocycles. The molecular formula is C14H27ClN2O. The number of likely N-dealkylation sites (tertiary alicyclic amines) is 1. The molecule has 4 heteroatoms. The van der Waals surface area contributed by atoms with Crippen LogP contribution in [-0.4, -0.2) is 35.5 Å². The molecule has 0 aromatic carbocycles. The van der Waals surface area contributed by atoms with Gasteiger partial charge >= 0.3 is 0 Å². The van der Waals surface area contributed by atoms with Crippen LogP contribution in [0.25, 0.3) is 0 Å². The number of amides is 1. The number of rotatable bonds is 4. The van der Waals surface area contributed by atoms with E-state index in [1.54, 1.807) is 0 Å². The third kappa shape index (κ3) is 3.61. The second-order valence-electron chi connectivity index (χ2n) is 5.62. The molecule has 106 valence electrons. The number of halogens is 1. The molecule has 0 aromatic heterocycles. The highest BCUT2D eigenvalue weighted by molar-refractivity contribution is 5.85. The highest BCUT2D eigenvalue weighted by atomic mass is 35.5. The predicted molar refractivity (Wildman–Crippen MR) is 77.1 cm³/mol. The van der Waals surface area contributed by atoms with E-state index in [0.29, 0.717) is 24.0 Å². The Kier molecular flexibility index (Phi) is 6.44. The molecule has 3 nitrogen and oxygen atoms in total. The molecule has 0 saturated carbocycles. The number of carbonyl (C=O) groups is 1. The Morgan fingerprint density at radius 2 is 2.11 bits per heavy atom. The van der Waals surface area contributed by atoms with Crippen molar-refractivity contribution in [1.82, 2.24) is 10.2 Å². The number of hydrogen-bond donors (Lipinski definition) is 1. The standard InChI is InChI=1S/C14H26N2O.ClH/c1-3-13-8-6-11(2)16(13)14(17)9-7-12-5-4-10-15-12;/h11-13,15H,3-10H2,1-2H3;1H. The van der Waals surface area contributed by atoms with Gasteiger partial charge in [0.1, 0.15) is 0 Å². The zero-order chi connectivity index (χ0) is 12.3. The van der Waals surface area contributed by atoms with Crippen LogP contribution in [0.5, 0.6) is 0 Å². The maximum absolute atomic E-state index is 12.3. The molecular weight excluding hydrogens is 248 g/mol. The van der Waals surface area contributed by atoms with Crippen LogP contribution < -0.4 is 5.32 Å². The van der Waals surface area contributed by atoms with Crippen molar-refractivity contribution in [2.24, 2.45) is 0 Å². The van der Waals surface area contributed by atoms with Crippen molar-refractivity contribution in [3.05, 3.63) is 0 Å². The quantitative estimate of drug-likeness (QED) is 0.855. The number of hydrogen-bond acceptors (Lipinski definition) is 2. The molecule has 2 aliphatic heterocycles. The largest absolute Gasteiger partial charge is 0.337 e. The lowest BCUT2D eigenvalue weighted by Gasteiger charge is -2.28. The zero-order valence-corrected chi connectivity index (χ0v) is 12.5. The average molecular weight is 275 g/mol. The van der Waals surface area contributed by atoms with Crippen LogP contribution in [0.3, 0.4) is 0 Å². The minimum atomic E-state index is 0. The van der Waals surface area contributed by atoms with Crippen LogP contribution in [0.1, 0.15) is 58.8 Å². The van der Waals surface area contributed by atoms with E-state index >= 15 is 0 Å². The topological polar surface area (TPSA) is 32.3 Å². The van der Waals surface area contributed by atoms with Gasteiger partial charge in [-0.1, -0.05) is 6.92 Å². The molecule has 18 heavy (non-hydrogen) atoms. The third-order valence-corrected chi connectivity index (χ3v) is 4.41. The number of nitrogens with zero attached hydrogens (tertiary/aromatic N) is 1. The van der Waals surface area contributed by atoms with Gasteiger partial charge in [-0.2, -0.15) is 0 Å². The van der Waals surface area contributed by atoms with Crippen LogP contribution >= 0.6 is 12.4 Å². The molecule has 0 aromatic rings. The van der Waals surface area contributed by atoms with E-state index in [1.807, 2.05) is 0 Å². The SMILES string of the molecule is CCC1CCC(C)N1C(=O)CCC1CCCN1.Cl. The lowest BCUT2D eigenvalue weighted by molar-refractivity contribution is -0.134. The lowest BCUT2D eigenvalue weighted by Crippen LogP contribution is -2.40. The third-order valence-electron chi connectivity index (χ3n) is 4.41. The fourth-order valence-corrected chi connectivity index (χ4v) is 3.35. The lowest BCUT2D eigenvalue weighted by atomic mass is 10.1. The molecule has 0 radical (unpaired) electrons. The summed E-state index contributed by atoms with van der Waals surface area (Å²) in [4.78, 5) is 14.4. The molecule has 2 heterocycles.